The van der Waals surface area contributed by atoms with Crippen LogP contribution in [0.5, 0.6) is 0 Å². The Balaban J connectivity index is 2.38. The summed E-state index contributed by atoms with van der Waals surface area (Å²) in [5.74, 6) is 0.630. The number of hydrogen-bond donors (Lipinski definition) is 1. The lowest BCUT2D eigenvalue weighted by atomic mass is 10.1. The van der Waals surface area contributed by atoms with Gasteiger partial charge in [-0.25, -0.2) is 0 Å². The first kappa shape index (κ1) is 7.03. The lowest BCUT2D eigenvalue weighted by Crippen LogP contribution is -2.20. The Kier molecular flexibility index (Phi) is 2.09. The van der Waals surface area contributed by atoms with Gasteiger partial charge in [-0.2, -0.15) is 0 Å². The van der Waals surface area contributed by atoms with Gasteiger partial charge in [0.05, 0.1) is 12.2 Å². The van der Waals surface area contributed by atoms with Crippen LogP contribution in [0.1, 0.15) is 19.8 Å². The monoisotopic (exact) mass is 130 g/mol. The van der Waals surface area contributed by atoms with Gasteiger partial charge in [0.25, 0.3) is 0 Å². The van der Waals surface area contributed by atoms with E-state index in [2.05, 4.69) is 6.92 Å². The highest BCUT2D eigenvalue weighted by molar-refractivity contribution is 4.81. The zero-order valence-corrected chi connectivity index (χ0v) is 6.00. The molecule has 1 fully saturated rings. The minimum Gasteiger partial charge on any atom is -0.390 e. The van der Waals surface area contributed by atoms with Crippen LogP contribution < -0.4 is 0 Å². The second-order valence-electron chi connectivity index (χ2n) is 2.92. The molecule has 0 aromatic carbocycles. The van der Waals surface area contributed by atoms with Crippen molar-refractivity contribution in [2.75, 3.05) is 7.11 Å². The molecule has 0 heterocycles. The van der Waals surface area contributed by atoms with Crippen LogP contribution in [0.2, 0.25) is 0 Å². The first-order chi connectivity index (χ1) is 4.24. The fourth-order valence-corrected chi connectivity index (χ4v) is 1.47. The van der Waals surface area contributed by atoms with Crippen LogP contribution in [0.3, 0.4) is 0 Å². The van der Waals surface area contributed by atoms with Gasteiger partial charge < -0.3 is 9.84 Å². The Morgan fingerprint density at radius 1 is 1.44 bits per heavy atom. The quantitative estimate of drug-likeness (QED) is 0.568. The summed E-state index contributed by atoms with van der Waals surface area (Å²) in [7, 11) is 1.66. The molecule has 9 heavy (non-hydrogen) atoms. The van der Waals surface area contributed by atoms with Gasteiger partial charge in [-0.3, -0.25) is 0 Å². The molecular weight excluding hydrogens is 116 g/mol. The van der Waals surface area contributed by atoms with Crippen LogP contribution in [0, 0.1) is 5.92 Å². The highest BCUT2D eigenvalue weighted by Gasteiger charge is 2.29. The van der Waals surface area contributed by atoms with Crippen LogP contribution in [-0.4, -0.2) is 24.4 Å². The minimum absolute atomic E-state index is 0.0972. The Morgan fingerprint density at radius 2 is 2.11 bits per heavy atom. The minimum atomic E-state index is -0.218. The average Bonchev–Trinajstić information content (AvgIpc) is 2.10. The zero-order chi connectivity index (χ0) is 6.85. The predicted octanol–water partition coefficient (Wildman–Crippen LogP) is 0.792. The topological polar surface area (TPSA) is 29.5 Å². The summed E-state index contributed by atoms with van der Waals surface area (Å²) in [6, 6.07) is 0. The van der Waals surface area contributed by atoms with Crippen molar-refractivity contribution in [3.05, 3.63) is 0 Å². The summed E-state index contributed by atoms with van der Waals surface area (Å²) >= 11 is 0. The molecule has 0 spiro atoms. The SMILES string of the molecule is COC1CC(C)CC1O. The molecule has 1 aliphatic rings. The van der Waals surface area contributed by atoms with Gasteiger partial charge in [-0.15, -0.1) is 0 Å². The van der Waals surface area contributed by atoms with E-state index in [1.54, 1.807) is 7.11 Å². The zero-order valence-electron chi connectivity index (χ0n) is 6.00. The summed E-state index contributed by atoms with van der Waals surface area (Å²) in [6.07, 6.45) is 1.79. The molecule has 54 valence electrons. The second-order valence-corrected chi connectivity index (χ2v) is 2.92. The third kappa shape index (κ3) is 1.43. The van der Waals surface area contributed by atoms with Crippen LogP contribution in [-0.2, 0) is 4.74 Å². The van der Waals surface area contributed by atoms with Gasteiger partial charge in [0.1, 0.15) is 0 Å². The average molecular weight is 130 g/mol. The third-order valence-corrected chi connectivity index (χ3v) is 2.01. The highest BCUT2D eigenvalue weighted by atomic mass is 16.5. The van der Waals surface area contributed by atoms with E-state index >= 15 is 0 Å². The van der Waals surface area contributed by atoms with Gasteiger partial charge in [-0.05, 0) is 18.8 Å². The molecule has 0 saturated heterocycles. The Labute approximate surface area is 55.8 Å². The van der Waals surface area contributed by atoms with Gasteiger partial charge >= 0.3 is 0 Å². The normalized spacial score (nSPS) is 43.7. The largest absolute Gasteiger partial charge is 0.390 e. The molecule has 1 N–H and O–H groups in total. The lowest BCUT2D eigenvalue weighted by molar-refractivity contribution is 0.00977. The molecule has 2 nitrogen and oxygen atoms in total. The van der Waals surface area contributed by atoms with Crippen LogP contribution in [0.4, 0.5) is 0 Å². The number of methoxy groups -OCH3 is 1. The highest BCUT2D eigenvalue weighted by Crippen LogP contribution is 2.26. The maximum Gasteiger partial charge on any atom is 0.0832 e. The van der Waals surface area contributed by atoms with E-state index in [-0.39, 0.29) is 12.2 Å². The van der Waals surface area contributed by atoms with Gasteiger partial charge in [0, 0.05) is 7.11 Å². The number of aliphatic hydroxyl groups excluding tert-OH is 1. The molecule has 0 amide bonds. The molecule has 1 rings (SSSR count). The van der Waals surface area contributed by atoms with Crippen LogP contribution in [0.25, 0.3) is 0 Å². The smallest absolute Gasteiger partial charge is 0.0832 e. The van der Waals surface area contributed by atoms with E-state index in [1.165, 1.54) is 0 Å². The van der Waals surface area contributed by atoms with Crippen molar-refractivity contribution >= 4 is 0 Å². The summed E-state index contributed by atoms with van der Waals surface area (Å²) in [5, 5.41) is 9.23. The number of ether oxygens (including phenoxy) is 1. The van der Waals surface area contributed by atoms with Crippen LogP contribution in [0.15, 0.2) is 0 Å². The van der Waals surface area contributed by atoms with E-state index < -0.39 is 0 Å². The molecule has 0 bridgehead atoms. The molecule has 3 unspecified atom stereocenters. The molecular formula is C7H14O2. The van der Waals surface area contributed by atoms with E-state index in [1.807, 2.05) is 0 Å². The molecule has 2 heteroatoms. The van der Waals surface area contributed by atoms with Crippen molar-refractivity contribution < 1.29 is 9.84 Å². The fourth-order valence-electron chi connectivity index (χ4n) is 1.47. The Bertz CT molecular complexity index is 92.9. The fraction of sp³-hybridized carbons (Fsp3) is 1.00. The third-order valence-electron chi connectivity index (χ3n) is 2.01. The van der Waals surface area contributed by atoms with Crippen molar-refractivity contribution in [3.8, 4) is 0 Å². The molecule has 0 aromatic rings. The Morgan fingerprint density at radius 3 is 2.33 bits per heavy atom. The first-order valence-corrected chi connectivity index (χ1v) is 3.45. The van der Waals surface area contributed by atoms with Crippen molar-refractivity contribution in [1.29, 1.82) is 0 Å². The van der Waals surface area contributed by atoms with Crippen LogP contribution >= 0.6 is 0 Å². The van der Waals surface area contributed by atoms with E-state index in [0.717, 1.165) is 12.8 Å². The summed E-state index contributed by atoms with van der Waals surface area (Å²) in [6.45, 7) is 2.14. The van der Waals surface area contributed by atoms with Gasteiger partial charge in [0.2, 0.25) is 0 Å². The Hall–Kier alpha value is -0.0800. The van der Waals surface area contributed by atoms with Crippen molar-refractivity contribution in [3.63, 3.8) is 0 Å². The first-order valence-electron chi connectivity index (χ1n) is 3.45. The van der Waals surface area contributed by atoms with E-state index in [4.69, 9.17) is 4.74 Å². The van der Waals surface area contributed by atoms with Gasteiger partial charge in [0.15, 0.2) is 0 Å². The van der Waals surface area contributed by atoms with Crippen molar-refractivity contribution in [2.45, 2.75) is 32.0 Å². The summed E-state index contributed by atoms with van der Waals surface area (Å²) in [4.78, 5) is 0. The molecule has 0 aromatic heterocycles. The van der Waals surface area contributed by atoms with E-state index in [0.29, 0.717) is 5.92 Å². The maximum atomic E-state index is 9.23. The predicted molar refractivity (Wildman–Crippen MR) is 35.2 cm³/mol. The molecule has 1 aliphatic carbocycles. The molecule has 0 radical (unpaired) electrons. The second kappa shape index (κ2) is 2.67. The standard InChI is InChI=1S/C7H14O2/c1-5-3-6(8)7(4-5)9-2/h5-8H,3-4H2,1-2H3. The van der Waals surface area contributed by atoms with Gasteiger partial charge in [-0.1, -0.05) is 6.92 Å². The number of aliphatic hydroxyl groups is 1. The molecule has 3 atom stereocenters. The lowest BCUT2D eigenvalue weighted by Gasteiger charge is -2.10. The van der Waals surface area contributed by atoms with Crippen molar-refractivity contribution in [2.24, 2.45) is 5.92 Å². The molecule has 1 saturated carbocycles. The number of hydrogen-bond acceptors (Lipinski definition) is 2. The van der Waals surface area contributed by atoms with Crippen molar-refractivity contribution in [1.82, 2.24) is 0 Å². The summed E-state index contributed by atoms with van der Waals surface area (Å²) < 4.78 is 5.04. The molecule has 0 aliphatic heterocycles. The maximum absolute atomic E-state index is 9.23. The summed E-state index contributed by atoms with van der Waals surface area (Å²) in [5.41, 5.74) is 0. The number of rotatable bonds is 1. The van der Waals surface area contributed by atoms with E-state index in [9.17, 15) is 5.11 Å².